The number of Topliss-reactive ketones (excluding diaryl/α,β-unsaturated/α-hetero) is 1. The second kappa shape index (κ2) is 5.16. The molecule has 4 rings (SSSR count). The first-order chi connectivity index (χ1) is 11.6. The minimum absolute atomic E-state index is 0.0339. The van der Waals surface area contributed by atoms with Crippen LogP contribution in [0.2, 0.25) is 0 Å². The van der Waals surface area contributed by atoms with E-state index in [1.54, 1.807) is 6.92 Å². The summed E-state index contributed by atoms with van der Waals surface area (Å²) >= 11 is 0. The van der Waals surface area contributed by atoms with E-state index in [0.29, 0.717) is 30.6 Å². The van der Waals surface area contributed by atoms with Gasteiger partial charge in [0, 0.05) is 11.8 Å². The third kappa shape index (κ3) is 2.02. The van der Waals surface area contributed by atoms with E-state index in [-0.39, 0.29) is 22.4 Å². The van der Waals surface area contributed by atoms with Crippen molar-refractivity contribution < 1.29 is 14.7 Å². The van der Waals surface area contributed by atoms with Crippen LogP contribution in [0.15, 0.2) is 23.8 Å². The summed E-state index contributed by atoms with van der Waals surface area (Å²) in [6.45, 7) is 10.3. The molecular formula is C22H30O3. The largest absolute Gasteiger partial charge is 0.382 e. The molecule has 0 aromatic rings. The van der Waals surface area contributed by atoms with Gasteiger partial charge in [-0.25, -0.2) is 0 Å². The van der Waals surface area contributed by atoms with Gasteiger partial charge in [0.1, 0.15) is 5.60 Å². The van der Waals surface area contributed by atoms with Gasteiger partial charge in [0.05, 0.1) is 0 Å². The Morgan fingerprint density at radius 1 is 1.20 bits per heavy atom. The van der Waals surface area contributed by atoms with Crippen LogP contribution in [0.5, 0.6) is 0 Å². The lowest BCUT2D eigenvalue weighted by molar-refractivity contribution is -0.159. The summed E-state index contributed by atoms with van der Waals surface area (Å²) in [4.78, 5) is 24.2. The van der Waals surface area contributed by atoms with Crippen LogP contribution < -0.4 is 0 Å². The Labute approximate surface area is 150 Å². The number of ketones is 2. The van der Waals surface area contributed by atoms with Crippen LogP contribution in [-0.2, 0) is 9.59 Å². The molecule has 0 saturated heterocycles. The van der Waals surface area contributed by atoms with Crippen molar-refractivity contribution >= 4 is 11.6 Å². The molecule has 0 radical (unpaired) electrons. The van der Waals surface area contributed by atoms with E-state index < -0.39 is 5.60 Å². The highest BCUT2D eigenvalue weighted by atomic mass is 16.3. The van der Waals surface area contributed by atoms with E-state index in [4.69, 9.17) is 0 Å². The van der Waals surface area contributed by atoms with Gasteiger partial charge in [0.15, 0.2) is 11.6 Å². The number of allylic oxidation sites excluding steroid dienone is 2. The monoisotopic (exact) mass is 342 g/mol. The highest BCUT2D eigenvalue weighted by molar-refractivity contribution is 5.92. The molecular weight excluding hydrogens is 312 g/mol. The van der Waals surface area contributed by atoms with Crippen molar-refractivity contribution in [2.45, 2.75) is 71.3 Å². The van der Waals surface area contributed by atoms with E-state index >= 15 is 0 Å². The van der Waals surface area contributed by atoms with E-state index in [9.17, 15) is 14.7 Å². The number of fused-ring (bicyclic) bond motifs is 5. The van der Waals surface area contributed by atoms with E-state index in [0.717, 1.165) is 37.7 Å². The van der Waals surface area contributed by atoms with E-state index in [1.165, 1.54) is 5.57 Å². The molecule has 0 bridgehead atoms. The Balaban J connectivity index is 1.75. The zero-order chi connectivity index (χ0) is 18.2. The van der Waals surface area contributed by atoms with Crippen LogP contribution in [0, 0.1) is 28.6 Å². The molecule has 136 valence electrons. The lowest BCUT2D eigenvalue weighted by atomic mass is 9.45. The molecule has 6 atom stereocenters. The van der Waals surface area contributed by atoms with Crippen molar-refractivity contribution in [3.63, 3.8) is 0 Å². The van der Waals surface area contributed by atoms with Crippen LogP contribution in [0.1, 0.15) is 65.7 Å². The third-order valence-corrected chi connectivity index (χ3v) is 8.66. The normalized spacial score (nSPS) is 49.1. The van der Waals surface area contributed by atoms with Gasteiger partial charge in [0.2, 0.25) is 0 Å². The summed E-state index contributed by atoms with van der Waals surface area (Å²) in [7, 11) is 0. The number of carbonyl (C=O) groups is 2. The van der Waals surface area contributed by atoms with Crippen molar-refractivity contribution in [3.8, 4) is 0 Å². The number of hydrogen-bond acceptors (Lipinski definition) is 3. The molecule has 0 heterocycles. The summed E-state index contributed by atoms with van der Waals surface area (Å²) in [6, 6.07) is 0. The summed E-state index contributed by atoms with van der Waals surface area (Å²) < 4.78 is 0. The molecule has 0 spiro atoms. The molecule has 4 aliphatic carbocycles. The quantitative estimate of drug-likeness (QED) is 0.783. The van der Waals surface area contributed by atoms with Gasteiger partial charge >= 0.3 is 0 Å². The Kier molecular flexibility index (Phi) is 3.55. The summed E-state index contributed by atoms with van der Waals surface area (Å²) in [6.07, 6.45) is 7.77. The van der Waals surface area contributed by atoms with Crippen LogP contribution in [0.25, 0.3) is 0 Å². The fourth-order valence-electron chi connectivity index (χ4n) is 7.16. The number of carbonyl (C=O) groups excluding carboxylic acids is 2. The van der Waals surface area contributed by atoms with Crippen molar-refractivity contribution in [2.75, 3.05) is 0 Å². The van der Waals surface area contributed by atoms with Crippen LogP contribution >= 0.6 is 0 Å². The first-order valence-corrected chi connectivity index (χ1v) is 9.80. The van der Waals surface area contributed by atoms with Crippen molar-refractivity contribution in [3.05, 3.63) is 23.8 Å². The molecule has 3 nitrogen and oxygen atoms in total. The van der Waals surface area contributed by atoms with Crippen molar-refractivity contribution in [2.24, 2.45) is 28.6 Å². The smallest absolute Gasteiger partial charge is 0.161 e. The fraction of sp³-hybridized carbons (Fsp3) is 0.727. The van der Waals surface area contributed by atoms with E-state index in [2.05, 4.69) is 20.4 Å². The molecule has 1 N–H and O–H groups in total. The van der Waals surface area contributed by atoms with Gasteiger partial charge in [-0.1, -0.05) is 26.0 Å². The first kappa shape index (κ1) is 17.2. The van der Waals surface area contributed by atoms with Crippen LogP contribution in [0.4, 0.5) is 0 Å². The zero-order valence-corrected chi connectivity index (χ0v) is 15.7. The molecule has 3 fully saturated rings. The second-order valence-electron chi connectivity index (χ2n) is 9.54. The Bertz CT molecular complexity index is 704. The molecule has 25 heavy (non-hydrogen) atoms. The van der Waals surface area contributed by atoms with Gasteiger partial charge in [0.25, 0.3) is 0 Å². The molecule has 3 heteroatoms. The predicted molar refractivity (Wildman–Crippen MR) is 96.9 cm³/mol. The third-order valence-electron chi connectivity index (χ3n) is 8.66. The van der Waals surface area contributed by atoms with Crippen molar-refractivity contribution in [1.82, 2.24) is 0 Å². The summed E-state index contributed by atoms with van der Waals surface area (Å²) in [5.41, 5.74) is 0.852. The minimum Gasteiger partial charge on any atom is -0.382 e. The second-order valence-corrected chi connectivity index (χ2v) is 9.54. The van der Waals surface area contributed by atoms with Gasteiger partial charge in [-0.3, -0.25) is 9.59 Å². The minimum atomic E-state index is -1.16. The summed E-state index contributed by atoms with van der Waals surface area (Å²) in [5.74, 6) is 1.54. The standard InChI is InChI=1S/C22H30O3/c1-13-11-16-17(20(3)8-5-15(24)12-19(13)20)6-9-21(4)18(16)7-10-22(21,25)14(2)23/h12,16-18,25H,1,5-11H2,2-4H3/t16-,17+,18+,20-,21+,22-/m1/s1. The summed E-state index contributed by atoms with van der Waals surface area (Å²) in [5, 5.41) is 11.2. The number of rotatable bonds is 1. The van der Waals surface area contributed by atoms with Crippen molar-refractivity contribution in [1.29, 1.82) is 0 Å². The molecule has 0 aliphatic heterocycles. The Morgan fingerprint density at radius 2 is 1.88 bits per heavy atom. The van der Waals surface area contributed by atoms with E-state index in [1.807, 2.05) is 6.08 Å². The van der Waals surface area contributed by atoms with Crippen LogP contribution in [0.3, 0.4) is 0 Å². The number of hydrogen-bond donors (Lipinski definition) is 1. The topological polar surface area (TPSA) is 54.4 Å². The molecule has 4 aliphatic rings. The SMILES string of the molecule is C=C1C[C@@H]2[C@H](CC[C@@]3(C)[C@H]2CC[C@@]3(O)C(C)=O)[C@@]2(C)CCC(=O)C=C12. The van der Waals surface area contributed by atoms with Gasteiger partial charge < -0.3 is 5.11 Å². The Hall–Kier alpha value is -1.22. The zero-order valence-electron chi connectivity index (χ0n) is 15.7. The van der Waals surface area contributed by atoms with Gasteiger partial charge in [-0.05, 0) is 80.3 Å². The maximum absolute atomic E-state index is 12.3. The molecule has 0 amide bonds. The van der Waals surface area contributed by atoms with Gasteiger partial charge in [-0.15, -0.1) is 0 Å². The molecule has 0 unspecified atom stereocenters. The van der Waals surface area contributed by atoms with Gasteiger partial charge in [-0.2, -0.15) is 0 Å². The highest BCUT2D eigenvalue weighted by Gasteiger charge is 2.65. The molecule has 3 saturated carbocycles. The number of aliphatic hydroxyl groups is 1. The maximum atomic E-state index is 12.3. The maximum Gasteiger partial charge on any atom is 0.161 e. The molecule has 0 aromatic heterocycles. The fourth-order valence-corrected chi connectivity index (χ4v) is 7.16. The lowest BCUT2D eigenvalue weighted by Crippen LogP contribution is -2.57. The average molecular weight is 342 g/mol. The highest BCUT2D eigenvalue weighted by Crippen LogP contribution is 2.68. The first-order valence-electron chi connectivity index (χ1n) is 9.80. The average Bonchev–Trinajstić information content (AvgIpc) is 2.83. The predicted octanol–water partition coefficient (Wildman–Crippen LogP) is 4.00. The lowest BCUT2D eigenvalue weighted by Gasteiger charge is -2.59. The molecule has 0 aromatic carbocycles. The Morgan fingerprint density at radius 3 is 2.56 bits per heavy atom. The van der Waals surface area contributed by atoms with Crippen LogP contribution in [-0.4, -0.2) is 22.3 Å².